The second-order valence-electron chi connectivity index (χ2n) is 15.8. The van der Waals surface area contributed by atoms with E-state index in [1.807, 2.05) is 12.3 Å². The number of rotatable bonds is 7. The molecular weight excluding hydrogens is 601 g/mol. The Morgan fingerprint density at radius 3 is 2.37 bits per heavy atom. The zero-order chi connectivity index (χ0) is 34.6. The lowest BCUT2D eigenvalue weighted by Crippen LogP contribution is -2.25. The molecule has 49 heavy (non-hydrogen) atoms. The molecule has 1 aliphatic carbocycles. The normalized spacial score (nSPS) is 18.4. The highest BCUT2D eigenvalue weighted by Gasteiger charge is 2.36. The van der Waals surface area contributed by atoms with Crippen molar-refractivity contribution in [3.8, 4) is 23.0 Å². The Morgan fingerprint density at radius 2 is 1.61 bits per heavy atom. The molecule has 0 bridgehead atoms. The molecule has 3 aromatic carbocycles. The number of ether oxygens (including phenoxy) is 1. The van der Waals surface area contributed by atoms with E-state index < -0.39 is 0 Å². The first-order valence-corrected chi connectivity index (χ1v) is 17.9. The van der Waals surface area contributed by atoms with Crippen LogP contribution in [0.25, 0.3) is 33.3 Å². The van der Waals surface area contributed by atoms with Gasteiger partial charge < -0.3 is 4.74 Å². The summed E-state index contributed by atoms with van der Waals surface area (Å²) in [6.45, 7) is 20.7. The number of hydrogen-bond donors (Lipinski definition) is 0. The number of aromatic nitrogens is 4. The van der Waals surface area contributed by atoms with Crippen molar-refractivity contribution in [2.45, 2.75) is 86.5 Å². The topological polar surface area (TPSA) is 44.9 Å². The van der Waals surface area contributed by atoms with Gasteiger partial charge in [-0.05, 0) is 92.5 Å². The molecule has 0 N–H and O–H groups in total. The van der Waals surface area contributed by atoms with Crippen LogP contribution in [-0.4, -0.2) is 19.3 Å². The minimum atomic E-state index is -0.102. The Bertz CT molecular complexity index is 2190. The molecule has 0 amide bonds. The highest BCUT2D eigenvalue weighted by Crippen LogP contribution is 2.46. The molecule has 5 heteroatoms. The van der Waals surface area contributed by atoms with Crippen molar-refractivity contribution in [3.63, 3.8) is 0 Å². The van der Waals surface area contributed by atoms with Gasteiger partial charge in [0.05, 0.1) is 28.1 Å². The Balaban J connectivity index is 1.29. The number of allylic oxidation sites excluding steroid dienone is 2. The Morgan fingerprint density at radius 1 is 0.857 bits per heavy atom. The van der Waals surface area contributed by atoms with Gasteiger partial charge in [-0.15, -0.1) is 0 Å². The molecule has 5 nitrogen and oxygen atoms in total. The molecule has 6 aromatic rings. The molecule has 3 heterocycles. The van der Waals surface area contributed by atoms with Gasteiger partial charge in [0.15, 0.2) is 0 Å². The van der Waals surface area contributed by atoms with Crippen LogP contribution in [0, 0.1) is 24.7 Å². The van der Waals surface area contributed by atoms with E-state index in [1.54, 1.807) is 0 Å². The Kier molecular flexibility index (Phi) is 8.50. The summed E-state index contributed by atoms with van der Waals surface area (Å²) in [7, 11) is 0. The largest absolute Gasteiger partial charge is 0.457 e. The van der Waals surface area contributed by atoms with Crippen LogP contribution in [0.5, 0.6) is 11.5 Å². The van der Waals surface area contributed by atoms with Gasteiger partial charge in [-0.1, -0.05) is 84.4 Å². The summed E-state index contributed by atoms with van der Waals surface area (Å²) in [5.74, 6) is 4.60. The van der Waals surface area contributed by atoms with Crippen molar-refractivity contribution in [1.29, 1.82) is 0 Å². The van der Waals surface area contributed by atoms with E-state index in [4.69, 9.17) is 14.8 Å². The number of fused-ring (bicyclic) bond motifs is 3. The fraction of sp³-hybridized carbons (Fsp3) is 0.364. The van der Waals surface area contributed by atoms with Crippen LogP contribution in [0.4, 0.5) is 0 Å². The molecule has 1 aliphatic rings. The van der Waals surface area contributed by atoms with Crippen molar-refractivity contribution in [2.24, 2.45) is 17.8 Å². The van der Waals surface area contributed by atoms with Gasteiger partial charge in [-0.2, -0.15) is 5.10 Å². The zero-order valence-electron chi connectivity index (χ0n) is 30.6. The predicted octanol–water partition coefficient (Wildman–Crippen LogP) is 11.7. The molecule has 3 aromatic heterocycles. The van der Waals surface area contributed by atoms with E-state index in [2.05, 4.69) is 150 Å². The molecule has 0 aliphatic heterocycles. The summed E-state index contributed by atoms with van der Waals surface area (Å²) in [5.41, 5.74) is 9.65. The SMILES string of the molecule is CC1=C[C@H](C)C[C@H](C)C1c1c(C)nn(-c2cccc(Oc3ccc4c5ccccc5n(-c5cc(CC(C)C)ccn5)c4c3)c2)c1C(C)(C)C. The average molecular weight is 651 g/mol. The standard InChI is InChI=1S/C44H50N4O/c1-27(2)21-32-19-20-45-40(24-32)47-38-16-11-10-15-36(38)37-18-17-35(26-39(37)47)49-34-14-12-13-33(25-34)48-43(44(7,8)9)42(31(6)46-48)41-29(4)22-28(3)23-30(41)5/h10-20,22,24-28,30,41H,21,23H2,1-9H3/t28-,30-,41?/m0/s1. The summed E-state index contributed by atoms with van der Waals surface area (Å²) < 4.78 is 11.1. The van der Waals surface area contributed by atoms with Crippen LogP contribution in [0.2, 0.25) is 0 Å². The molecule has 0 radical (unpaired) electrons. The number of pyridine rings is 1. The minimum Gasteiger partial charge on any atom is -0.457 e. The maximum Gasteiger partial charge on any atom is 0.137 e. The van der Waals surface area contributed by atoms with Crippen LogP contribution in [0.1, 0.15) is 90.2 Å². The molecule has 0 spiro atoms. The first-order valence-electron chi connectivity index (χ1n) is 17.9. The van der Waals surface area contributed by atoms with E-state index in [1.165, 1.54) is 39.6 Å². The maximum atomic E-state index is 6.65. The molecular formula is C44H50N4O. The number of aryl methyl sites for hydroxylation is 1. The molecule has 3 atom stereocenters. The lowest BCUT2D eigenvalue weighted by molar-refractivity contribution is 0.385. The third kappa shape index (κ3) is 6.20. The number of nitrogens with zero attached hydrogens (tertiary/aromatic N) is 4. The van der Waals surface area contributed by atoms with Crippen LogP contribution in [-0.2, 0) is 11.8 Å². The quantitative estimate of drug-likeness (QED) is 0.162. The highest BCUT2D eigenvalue weighted by atomic mass is 16.5. The first kappa shape index (κ1) is 32.9. The molecule has 7 rings (SSSR count). The lowest BCUT2D eigenvalue weighted by atomic mass is 9.70. The van der Waals surface area contributed by atoms with Gasteiger partial charge in [-0.25, -0.2) is 9.67 Å². The maximum absolute atomic E-state index is 6.65. The van der Waals surface area contributed by atoms with Gasteiger partial charge in [-0.3, -0.25) is 4.57 Å². The molecule has 0 fully saturated rings. The smallest absolute Gasteiger partial charge is 0.137 e. The minimum absolute atomic E-state index is 0.102. The second-order valence-corrected chi connectivity index (χ2v) is 15.8. The van der Waals surface area contributed by atoms with Crippen molar-refractivity contribution in [1.82, 2.24) is 19.3 Å². The van der Waals surface area contributed by atoms with E-state index >= 15 is 0 Å². The lowest BCUT2D eigenvalue weighted by Gasteiger charge is -2.34. The van der Waals surface area contributed by atoms with E-state index in [9.17, 15) is 0 Å². The zero-order valence-corrected chi connectivity index (χ0v) is 30.6. The van der Waals surface area contributed by atoms with Crippen molar-refractivity contribution < 1.29 is 4.74 Å². The van der Waals surface area contributed by atoms with Crippen LogP contribution in [0.3, 0.4) is 0 Å². The molecule has 0 saturated heterocycles. The fourth-order valence-corrected chi connectivity index (χ4v) is 8.38. The van der Waals surface area contributed by atoms with E-state index in [0.717, 1.165) is 46.2 Å². The van der Waals surface area contributed by atoms with Gasteiger partial charge in [0.25, 0.3) is 0 Å². The Labute approximate surface area is 291 Å². The van der Waals surface area contributed by atoms with Crippen molar-refractivity contribution in [3.05, 3.63) is 119 Å². The number of hydrogen-bond acceptors (Lipinski definition) is 3. The second kappa shape index (κ2) is 12.7. The number of benzene rings is 3. The monoisotopic (exact) mass is 650 g/mol. The molecule has 252 valence electrons. The third-order valence-electron chi connectivity index (χ3n) is 10.1. The summed E-state index contributed by atoms with van der Waals surface area (Å²) >= 11 is 0. The van der Waals surface area contributed by atoms with Gasteiger partial charge in [0, 0.05) is 46.0 Å². The summed E-state index contributed by atoms with van der Waals surface area (Å²) in [5, 5.41) is 7.60. The molecule has 1 unspecified atom stereocenters. The van der Waals surface area contributed by atoms with Crippen molar-refractivity contribution in [2.75, 3.05) is 0 Å². The number of para-hydroxylation sites is 1. The Hall–Kier alpha value is -4.64. The summed E-state index contributed by atoms with van der Waals surface area (Å²) in [6, 6.07) is 27.7. The summed E-state index contributed by atoms with van der Waals surface area (Å²) in [6.07, 6.45) is 6.61. The van der Waals surface area contributed by atoms with E-state index in [0.29, 0.717) is 23.7 Å². The first-order chi connectivity index (χ1) is 23.4. The highest BCUT2D eigenvalue weighted by molar-refractivity contribution is 6.09. The van der Waals surface area contributed by atoms with Crippen LogP contribution in [0.15, 0.2) is 96.7 Å². The van der Waals surface area contributed by atoms with Gasteiger partial charge in [0.1, 0.15) is 17.3 Å². The van der Waals surface area contributed by atoms with Crippen LogP contribution >= 0.6 is 0 Å². The predicted molar refractivity (Wildman–Crippen MR) is 204 cm³/mol. The molecule has 0 saturated carbocycles. The van der Waals surface area contributed by atoms with Gasteiger partial charge in [0.2, 0.25) is 0 Å². The third-order valence-corrected chi connectivity index (χ3v) is 10.1. The van der Waals surface area contributed by atoms with Gasteiger partial charge >= 0.3 is 0 Å². The summed E-state index contributed by atoms with van der Waals surface area (Å²) in [4.78, 5) is 4.84. The van der Waals surface area contributed by atoms with Crippen molar-refractivity contribution >= 4 is 21.8 Å². The van der Waals surface area contributed by atoms with Crippen LogP contribution < -0.4 is 4.74 Å². The van der Waals surface area contributed by atoms with E-state index in [-0.39, 0.29) is 5.41 Å². The average Bonchev–Trinajstić information content (AvgIpc) is 3.55. The fourth-order valence-electron chi connectivity index (χ4n) is 8.38.